The third-order valence-electron chi connectivity index (χ3n) is 2.75. The maximum absolute atomic E-state index is 11.9. The van der Waals surface area contributed by atoms with Crippen LogP contribution in [0, 0.1) is 0 Å². The van der Waals surface area contributed by atoms with Crippen LogP contribution in [0.2, 0.25) is 5.02 Å². The Morgan fingerprint density at radius 2 is 2.11 bits per heavy atom. The van der Waals surface area contributed by atoms with E-state index >= 15 is 0 Å². The summed E-state index contributed by atoms with van der Waals surface area (Å²) in [6.07, 6.45) is 0.914. The van der Waals surface area contributed by atoms with Crippen molar-refractivity contribution in [2.45, 2.75) is 19.9 Å². The van der Waals surface area contributed by atoms with Gasteiger partial charge in [-0.25, -0.2) is 0 Å². The molecule has 0 unspecified atom stereocenters. The topological polar surface area (TPSA) is 64.1 Å². The van der Waals surface area contributed by atoms with Crippen LogP contribution in [0.4, 0.5) is 0 Å². The molecule has 1 aromatic carbocycles. The van der Waals surface area contributed by atoms with Gasteiger partial charge in [0, 0.05) is 18.2 Å². The second-order valence-corrected chi connectivity index (χ2v) is 4.62. The van der Waals surface area contributed by atoms with E-state index in [0.29, 0.717) is 35.8 Å². The summed E-state index contributed by atoms with van der Waals surface area (Å²) in [6, 6.07) is 5.01. The van der Waals surface area contributed by atoms with Gasteiger partial charge >= 0.3 is 11.1 Å². The van der Waals surface area contributed by atoms with E-state index in [1.54, 1.807) is 18.2 Å². The zero-order valence-corrected chi connectivity index (χ0v) is 11.4. The van der Waals surface area contributed by atoms with Crippen LogP contribution >= 0.6 is 11.6 Å². The molecule has 0 fully saturated rings. The molecule has 1 aromatic heterocycles. The van der Waals surface area contributed by atoms with Gasteiger partial charge in [0.25, 0.3) is 0 Å². The van der Waals surface area contributed by atoms with Crippen molar-refractivity contribution in [1.82, 2.24) is 9.55 Å². The standard InChI is InChI=1S/C13H15ClN2O3/c1-2-6-19-7-5-16-11-8-9(14)3-4-10(11)15-12(17)13(16)18/h3-4,8H,2,5-7H2,1H3,(H,15,17). The lowest BCUT2D eigenvalue weighted by molar-refractivity contribution is 0.127. The Morgan fingerprint density at radius 3 is 2.84 bits per heavy atom. The van der Waals surface area contributed by atoms with Gasteiger partial charge in [-0.3, -0.25) is 14.2 Å². The van der Waals surface area contributed by atoms with Crippen molar-refractivity contribution in [2.24, 2.45) is 0 Å². The minimum absolute atomic E-state index is 0.333. The highest BCUT2D eigenvalue weighted by Gasteiger charge is 2.07. The molecule has 1 heterocycles. The zero-order valence-electron chi connectivity index (χ0n) is 10.6. The summed E-state index contributed by atoms with van der Waals surface area (Å²) in [6.45, 7) is 3.36. The predicted octanol–water partition coefficient (Wildman–Crippen LogP) is 1.77. The fourth-order valence-electron chi connectivity index (χ4n) is 1.87. The second kappa shape index (κ2) is 6.04. The van der Waals surface area contributed by atoms with Crippen molar-refractivity contribution in [3.63, 3.8) is 0 Å². The average Bonchev–Trinajstić information content (AvgIpc) is 2.39. The molecule has 0 aliphatic heterocycles. The molecule has 1 N–H and O–H groups in total. The lowest BCUT2D eigenvalue weighted by atomic mass is 10.3. The molecule has 0 amide bonds. The molecular formula is C13H15ClN2O3. The lowest BCUT2D eigenvalue weighted by Crippen LogP contribution is -2.37. The van der Waals surface area contributed by atoms with E-state index in [-0.39, 0.29) is 0 Å². The van der Waals surface area contributed by atoms with Gasteiger partial charge in [0.15, 0.2) is 0 Å². The maximum Gasteiger partial charge on any atom is 0.316 e. The van der Waals surface area contributed by atoms with Crippen LogP contribution in [0.15, 0.2) is 27.8 Å². The van der Waals surface area contributed by atoms with Crippen molar-refractivity contribution in [2.75, 3.05) is 13.2 Å². The van der Waals surface area contributed by atoms with Crippen molar-refractivity contribution in [3.8, 4) is 0 Å². The number of hydrogen-bond acceptors (Lipinski definition) is 3. The number of rotatable bonds is 5. The number of ether oxygens (including phenoxy) is 1. The van der Waals surface area contributed by atoms with Crippen LogP contribution in [0.1, 0.15) is 13.3 Å². The van der Waals surface area contributed by atoms with Gasteiger partial charge in [0.1, 0.15) is 0 Å². The Balaban J connectivity index is 2.44. The fraction of sp³-hybridized carbons (Fsp3) is 0.385. The van der Waals surface area contributed by atoms with E-state index in [1.807, 2.05) is 6.92 Å². The highest BCUT2D eigenvalue weighted by Crippen LogP contribution is 2.15. The molecule has 0 aliphatic carbocycles. The maximum atomic E-state index is 11.9. The molecule has 5 nitrogen and oxygen atoms in total. The van der Waals surface area contributed by atoms with Crippen LogP contribution in [0.3, 0.4) is 0 Å². The average molecular weight is 283 g/mol. The molecule has 0 bridgehead atoms. The van der Waals surface area contributed by atoms with E-state index in [4.69, 9.17) is 16.3 Å². The van der Waals surface area contributed by atoms with Gasteiger partial charge in [0.2, 0.25) is 0 Å². The summed E-state index contributed by atoms with van der Waals surface area (Å²) in [7, 11) is 0. The highest BCUT2D eigenvalue weighted by atomic mass is 35.5. The molecule has 0 saturated carbocycles. The van der Waals surface area contributed by atoms with Crippen molar-refractivity contribution in [1.29, 1.82) is 0 Å². The van der Waals surface area contributed by atoms with Gasteiger partial charge < -0.3 is 9.72 Å². The van der Waals surface area contributed by atoms with E-state index in [9.17, 15) is 9.59 Å². The fourth-order valence-corrected chi connectivity index (χ4v) is 2.03. The number of nitrogens with one attached hydrogen (secondary N) is 1. The molecule has 19 heavy (non-hydrogen) atoms. The van der Waals surface area contributed by atoms with Crippen LogP contribution in [-0.2, 0) is 11.3 Å². The summed E-state index contributed by atoms with van der Waals surface area (Å²) in [4.78, 5) is 26.0. The number of nitrogens with zero attached hydrogens (tertiary/aromatic N) is 1. The number of benzene rings is 1. The molecule has 0 saturated heterocycles. The van der Waals surface area contributed by atoms with E-state index in [0.717, 1.165) is 6.42 Å². The van der Waals surface area contributed by atoms with Gasteiger partial charge in [-0.1, -0.05) is 18.5 Å². The van der Waals surface area contributed by atoms with Crippen LogP contribution in [-0.4, -0.2) is 22.8 Å². The number of aromatic nitrogens is 2. The van der Waals surface area contributed by atoms with Gasteiger partial charge in [-0.15, -0.1) is 0 Å². The first-order valence-corrected chi connectivity index (χ1v) is 6.51. The van der Waals surface area contributed by atoms with E-state index in [1.165, 1.54) is 4.57 Å². The van der Waals surface area contributed by atoms with Gasteiger partial charge in [0.05, 0.1) is 17.6 Å². The van der Waals surface area contributed by atoms with Crippen LogP contribution < -0.4 is 11.1 Å². The number of H-pyrrole nitrogens is 1. The number of fused-ring (bicyclic) bond motifs is 1. The second-order valence-electron chi connectivity index (χ2n) is 4.18. The molecule has 0 atom stereocenters. The summed E-state index contributed by atoms with van der Waals surface area (Å²) in [5, 5.41) is 0.516. The van der Waals surface area contributed by atoms with E-state index in [2.05, 4.69) is 4.98 Å². The SMILES string of the molecule is CCCOCCn1c(=O)c(=O)[nH]c2ccc(Cl)cc21. The predicted molar refractivity (Wildman–Crippen MR) is 74.9 cm³/mol. The monoisotopic (exact) mass is 282 g/mol. The first-order chi connectivity index (χ1) is 9.13. The Kier molecular flexibility index (Phi) is 4.39. The summed E-state index contributed by atoms with van der Waals surface area (Å²) < 4.78 is 6.75. The number of aromatic amines is 1. The minimum Gasteiger partial charge on any atom is -0.380 e. The third-order valence-corrected chi connectivity index (χ3v) is 2.98. The lowest BCUT2D eigenvalue weighted by Gasteiger charge is -2.10. The van der Waals surface area contributed by atoms with Crippen molar-refractivity contribution in [3.05, 3.63) is 43.9 Å². The molecular weight excluding hydrogens is 268 g/mol. The minimum atomic E-state index is -0.634. The quantitative estimate of drug-likeness (QED) is 0.671. The molecule has 0 aliphatic rings. The zero-order chi connectivity index (χ0) is 13.8. The Hall–Kier alpha value is -1.59. The molecule has 2 rings (SSSR count). The molecule has 0 spiro atoms. The van der Waals surface area contributed by atoms with Crippen LogP contribution in [0.5, 0.6) is 0 Å². The Morgan fingerprint density at radius 1 is 1.32 bits per heavy atom. The van der Waals surface area contributed by atoms with E-state index < -0.39 is 11.1 Å². The molecule has 2 aromatic rings. The largest absolute Gasteiger partial charge is 0.380 e. The Labute approximate surface area is 114 Å². The van der Waals surface area contributed by atoms with Gasteiger partial charge in [-0.2, -0.15) is 0 Å². The summed E-state index contributed by atoms with van der Waals surface area (Å²) in [5.41, 5.74) is -0.0260. The molecule has 102 valence electrons. The molecule has 6 heteroatoms. The number of halogens is 1. The Bertz CT molecular complexity index is 690. The molecule has 0 radical (unpaired) electrons. The van der Waals surface area contributed by atoms with Crippen LogP contribution in [0.25, 0.3) is 11.0 Å². The third kappa shape index (κ3) is 3.05. The van der Waals surface area contributed by atoms with Gasteiger partial charge in [-0.05, 0) is 24.6 Å². The first kappa shape index (κ1) is 13.8. The van der Waals surface area contributed by atoms with Crippen molar-refractivity contribution < 1.29 is 4.74 Å². The summed E-state index contributed by atoms with van der Waals surface area (Å²) >= 11 is 5.93. The smallest absolute Gasteiger partial charge is 0.316 e. The van der Waals surface area contributed by atoms with Crippen molar-refractivity contribution >= 4 is 22.6 Å². The summed E-state index contributed by atoms with van der Waals surface area (Å²) in [5.74, 6) is 0. The number of hydrogen-bond donors (Lipinski definition) is 1. The highest BCUT2D eigenvalue weighted by molar-refractivity contribution is 6.31. The normalized spacial score (nSPS) is 11.1. The first-order valence-electron chi connectivity index (χ1n) is 6.13.